The maximum Gasteiger partial charge on any atom is 0.326 e. The van der Waals surface area contributed by atoms with Gasteiger partial charge in [0.1, 0.15) is 6.04 Å². The molecule has 1 unspecified atom stereocenters. The minimum Gasteiger partial charge on any atom is -0.480 e. The first kappa shape index (κ1) is 14.3. The highest BCUT2D eigenvalue weighted by Gasteiger charge is 2.45. The highest BCUT2D eigenvalue weighted by molar-refractivity contribution is 5.86. The van der Waals surface area contributed by atoms with E-state index in [4.69, 9.17) is 0 Å². The van der Waals surface area contributed by atoms with Crippen molar-refractivity contribution in [3.8, 4) is 0 Å². The van der Waals surface area contributed by atoms with Gasteiger partial charge in [-0.1, -0.05) is 13.8 Å². The zero-order chi connectivity index (χ0) is 14.0. The number of nitrogens with zero attached hydrogens (tertiary/aromatic N) is 1. The first-order valence-electron chi connectivity index (χ1n) is 7.17. The van der Waals surface area contributed by atoms with Crippen LogP contribution < -0.4 is 5.32 Å². The van der Waals surface area contributed by atoms with Crippen molar-refractivity contribution in [2.45, 2.75) is 45.6 Å². The second-order valence-electron chi connectivity index (χ2n) is 6.41. The third kappa shape index (κ3) is 2.91. The van der Waals surface area contributed by atoms with Crippen LogP contribution in [-0.2, 0) is 9.59 Å². The minimum atomic E-state index is -0.873. The molecule has 0 aromatic heterocycles. The molecule has 2 fully saturated rings. The molecule has 0 aromatic rings. The van der Waals surface area contributed by atoms with Gasteiger partial charge >= 0.3 is 5.97 Å². The zero-order valence-corrected chi connectivity index (χ0v) is 11.8. The molecule has 2 rings (SSSR count). The van der Waals surface area contributed by atoms with E-state index in [2.05, 4.69) is 5.32 Å². The lowest BCUT2D eigenvalue weighted by Gasteiger charge is -2.45. The molecule has 2 aliphatic rings. The summed E-state index contributed by atoms with van der Waals surface area (Å²) >= 11 is 0. The van der Waals surface area contributed by atoms with E-state index in [-0.39, 0.29) is 17.2 Å². The maximum atomic E-state index is 12.6. The molecule has 2 saturated heterocycles. The summed E-state index contributed by atoms with van der Waals surface area (Å²) in [4.78, 5) is 25.8. The smallest absolute Gasteiger partial charge is 0.326 e. The molecule has 2 N–H and O–H groups in total. The summed E-state index contributed by atoms with van der Waals surface area (Å²) in [5.74, 6) is -0.904. The fourth-order valence-corrected chi connectivity index (χ4v) is 3.39. The number of carboxylic acids is 1. The summed E-state index contributed by atoms with van der Waals surface area (Å²) < 4.78 is 0. The Morgan fingerprint density at radius 1 is 1.32 bits per heavy atom. The van der Waals surface area contributed by atoms with Crippen molar-refractivity contribution in [1.82, 2.24) is 10.2 Å². The number of hydrogen-bond acceptors (Lipinski definition) is 3. The lowest BCUT2D eigenvalue weighted by atomic mass is 9.76. The normalized spacial score (nSPS) is 30.9. The number of hydrogen-bond donors (Lipinski definition) is 2. The first-order chi connectivity index (χ1) is 8.93. The van der Waals surface area contributed by atoms with Gasteiger partial charge in [-0.2, -0.15) is 0 Å². The van der Waals surface area contributed by atoms with Crippen molar-refractivity contribution < 1.29 is 14.7 Å². The highest BCUT2D eigenvalue weighted by atomic mass is 16.4. The molecule has 5 nitrogen and oxygen atoms in total. The zero-order valence-electron chi connectivity index (χ0n) is 11.8. The van der Waals surface area contributed by atoms with Gasteiger partial charge in [0.05, 0.1) is 5.92 Å². The Morgan fingerprint density at radius 2 is 2.05 bits per heavy atom. The average molecular weight is 268 g/mol. The third-order valence-electron chi connectivity index (χ3n) is 4.44. The number of rotatable bonds is 2. The van der Waals surface area contributed by atoms with Crippen molar-refractivity contribution in [3.63, 3.8) is 0 Å². The van der Waals surface area contributed by atoms with Crippen LogP contribution in [0.15, 0.2) is 0 Å². The molecule has 108 valence electrons. The van der Waals surface area contributed by atoms with Crippen molar-refractivity contribution in [1.29, 1.82) is 0 Å². The number of amides is 1. The third-order valence-corrected chi connectivity index (χ3v) is 4.44. The molecule has 0 bridgehead atoms. The predicted molar refractivity (Wildman–Crippen MR) is 71.7 cm³/mol. The molecule has 0 radical (unpaired) electrons. The highest BCUT2D eigenvalue weighted by Crippen LogP contribution is 2.36. The van der Waals surface area contributed by atoms with E-state index in [0.717, 1.165) is 32.2 Å². The van der Waals surface area contributed by atoms with Gasteiger partial charge in [0.15, 0.2) is 0 Å². The number of carbonyl (C=O) groups is 2. The summed E-state index contributed by atoms with van der Waals surface area (Å²) in [5, 5.41) is 12.7. The molecular weight excluding hydrogens is 244 g/mol. The van der Waals surface area contributed by atoms with Crippen molar-refractivity contribution in [2.24, 2.45) is 11.3 Å². The molecule has 2 atom stereocenters. The van der Waals surface area contributed by atoms with E-state index in [9.17, 15) is 14.7 Å². The molecule has 2 heterocycles. The Balaban J connectivity index is 2.15. The fraction of sp³-hybridized carbons (Fsp3) is 0.857. The lowest BCUT2D eigenvalue weighted by Crippen LogP contribution is -2.58. The molecule has 5 heteroatoms. The quantitative estimate of drug-likeness (QED) is 0.786. The molecule has 0 saturated carbocycles. The van der Waals surface area contributed by atoms with Gasteiger partial charge in [0.25, 0.3) is 0 Å². The van der Waals surface area contributed by atoms with Crippen LogP contribution in [-0.4, -0.2) is 47.6 Å². The van der Waals surface area contributed by atoms with E-state index in [1.54, 1.807) is 4.90 Å². The largest absolute Gasteiger partial charge is 0.480 e. The van der Waals surface area contributed by atoms with Crippen molar-refractivity contribution in [3.05, 3.63) is 0 Å². The van der Waals surface area contributed by atoms with Gasteiger partial charge in [-0.3, -0.25) is 4.79 Å². The van der Waals surface area contributed by atoms with Gasteiger partial charge in [-0.15, -0.1) is 0 Å². The Labute approximate surface area is 114 Å². The summed E-state index contributed by atoms with van der Waals surface area (Å²) in [7, 11) is 0. The standard InChI is InChI=1S/C14H24N2O3/c1-14(2)6-4-8-16(11(14)13(18)19)12(17)10-5-3-7-15-9-10/h10-11,15H,3-9H2,1-2H3,(H,18,19)/t10-,11?/m0/s1. The van der Waals surface area contributed by atoms with Gasteiger partial charge in [0, 0.05) is 13.1 Å². The fourth-order valence-electron chi connectivity index (χ4n) is 3.39. The Hall–Kier alpha value is -1.10. The topological polar surface area (TPSA) is 69.6 Å². The van der Waals surface area contributed by atoms with Crippen molar-refractivity contribution >= 4 is 11.9 Å². The van der Waals surface area contributed by atoms with Crippen LogP contribution in [0.3, 0.4) is 0 Å². The SMILES string of the molecule is CC1(C)CCCN(C(=O)[C@H]2CCCNC2)C1C(=O)O. The summed E-state index contributed by atoms with van der Waals surface area (Å²) in [5.41, 5.74) is -0.345. The first-order valence-corrected chi connectivity index (χ1v) is 7.17. The van der Waals surface area contributed by atoms with Crippen LogP contribution in [0.25, 0.3) is 0 Å². The molecule has 0 aromatic carbocycles. The number of carbonyl (C=O) groups excluding carboxylic acids is 1. The molecule has 1 amide bonds. The lowest BCUT2D eigenvalue weighted by molar-refractivity contribution is -0.161. The van der Waals surface area contributed by atoms with E-state index >= 15 is 0 Å². The maximum absolute atomic E-state index is 12.6. The van der Waals surface area contributed by atoms with E-state index in [0.29, 0.717) is 13.1 Å². The van der Waals surface area contributed by atoms with Crippen LogP contribution >= 0.6 is 0 Å². The van der Waals surface area contributed by atoms with Gasteiger partial charge in [-0.05, 0) is 37.6 Å². The van der Waals surface area contributed by atoms with Crippen LogP contribution in [0.5, 0.6) is 0 Å². The van der Waals surface area contributed by atoms with Crippen LogP contribution in [0.1, 0.15) is 39.5 Å². The van der Waals surface area contributed by atoms with Gasteiger partial charge < -0.3 is 15.3 Å². The Bertz CT molecular complexity index is 362. The molecule has 2 aliphatic heterocycles. The Morgan fingerprint density at radius 3 is 2.63 bits per heavy atom. The average Bonchev–Trinajstić information content (AvgIpc) is 2.37. The number of aliphatic carboxylic acids is 1. The van der Waals surface area contributed by atoms with Gasteiger partial charge in [-0.25, -0.2) is 4.79 Å². The molecule has 0 aliphatic carbocycles. The summed E-state index contributed by atoms with van der Waals surface area (Å²) in [6.07, 6.45) is 3.61. The number of carboxylic acid groups (broad SMARTS) is 1. The summed E-state index contributed by atoms with van der Waals surface area (Å²) in [6, 6.07) is -0.685. The minimum absolute atomic E-state index is 0.0207. The molecular formula is C14H24N2O3. The number of likely N-dealkylation sites (tertiary alicyclic amines) is 1. The number of piperidine rings is 2. The van der Waals surface area contributed by atoms with Crippen LogP contribution in [0.2, 0.25) is 0 Å². The van der Waals surface area contributed by atoms with Gasteiger partial charge in [0.2, 0.25) is 5.91 Å². The van der Waals surface area contributed by atoms with E-state index in [1.807, 2.05) is 13.8 Å². The van der Waals surface area contributed by atoms with Crippen LogP contribution in [0, 0.1) is 11.3 Å². The van der Waals surface area contributed by atoms with Crippen LogP contribution in [0.4, 0.5) is 0 Å². The van der Waals surface area contributed by atoms with E-state index < -0.39 is 12.0 Å². The van der Waals surface area contributed by atoms with Crippen molar-refractivity contribution in [2.75, 3.05) is 19.6 Å². The second kappa shape index (κ2) is 5.49. The monoisotopic (exact) mass is 268 g/mol. The molecule has 19 heavy (non-hydrogen) atoms. The second-order valence-corrected chi connectivity index (χ2v) is 6.41. The predicted octanol–water partition coefficient (Wildman–Crippen LogP) is 1.09. The molecule has 0 spiro atoms. The van der Waals surface area contributed by atoms with E-state index in [1.165, 1.54) is 0 Å². The number of nitrogens with one attached hydrogen (secondary N) is 1. The Kier molecular flexibility index (Phi) is 4.13. The summed E-state index contributed by atoms with van der Waals surface area (Å²) in [6.45, 7) is 6.12.